The Hall–Kier alpha value is -2.15. The Morgan fingerprint density at radius 2 is 2.00 bits per heavy atom. The van der Waals surface area contributed by atoms with Crippen LogP contribution in [0, 0.1) is 6.92 Å². The van der Waals surface area contributed by atoms with Gasteiger partial charge in [0.25, 0.3) is 5.91 Å². The van der Waals surface area contributed by atoms with Gasteiger partial charge in [-0.2, -0.15) is 0 Å². The van der Waals surface area contributed by atoms with Crippen molar-refractivity contribution in [3.05, 3.63) is 33.4 Å². The Morgan fingerprint density at radius 3 is 2.67 bits per heavy atom. The van der Waals surface area contributed by atoms with Gasteiger partial charge in [-0.3, -0.25) is 9.59 Å². The van der Waals surface area contributed by atoms with E-state index in [1.54, 1.807) is 17.9 Å². The Kier molecular flexibility index (Phi) is 4.80. The van der Waals surface area contributed by atoms with Crippen molar-refractivity contribution in [1.29, 1.82) is 0 Å². The van der Waals surface area contributed by atoms with Gasteiger partial charge in [0.05, 0.1) is 0 Å². The molecule has 0 radical (unpaired) electrons. The highest BCUT2D eigenvalue weighted by atomic mass is 16.5. The number of hydrogen-bond acceptors (Lipinski definition) is 5. The van der Waals surface area contributed by atoms with Crippen LogP contribution in [0.3, 0.4) is 0 Å². The fraction of sp³-hybridized carbons (Fsp3) is 0.650. The number of piperazine rings is 1. The van der Waals surface area contributed by atoms with Crippen LogP contribution < -0.4 is 10.9 Å². The van der Waals surface area contributed by atoms with Gasteiger partial charge < -0.3 is 19.4 Å². The Balaban J connectivity index is 1.69. The molecule has 3 fully saturated rings. The summed E-state index contributed by atoms with van der Waals surface area (Å²) in [5.41, 5.74) is -0.850. The van der Waals surface area contributed by atoms with Gasteiger partial charge >= 0.3 is 5.63 Å². The summed E-state index contributed by atoms with van der Waals surface area (Å²) < 4.78 is 11.0. The molecule has 2 saturated heterocycles. The third-order valence-corrected chi connectivity index (χ3v) is 6.11. The zero-order chi connectivity index (χ0) is 19.0. The average molecular weight is 374 g/mol. The SMILES string of the molecule is Cc1cc(C2CCCO2)oc(=O)c1C(=O)N1CCNC(=O)C12CCCCC2. The summed E-state index contributed by atoms with van der Waals surface area (Å²) in [6.07, 6.45) is 5.68. The predicted octanol–water partition coefficient (Wildman–Crippen LogP) is 2.07. The molecule has 7 nitrogen and oxygen atoms in total. The summed E-state index contributed by atoms with van der Waals surface area (Å²) in [6.45, 7) is 3.22. The minimum atomic E-state index is -0.834. The van der Waals surface area contributed by atoms with E-state index in [0.29, 0.717) is 43.9 Å². The molecule has 7 heteroatoms. The first-order valence-electron chi connectivity index (χ1n) is 9.89. The largest absolute Gasteiger partial charge is 0.424 e. The molecule has 146 valence electrons. The molecule has 1 unspecified atom stereocenters. The highest BCUT2D eigenvalue weighted by Gasteiger charge is 2.49. The lowest BCUT2D eigenvalue weighted by Gasteiger charge is -2.48. The van der Waals surface area contributed by atoms with E-state index in [1.807, 2.05) is 0 Å². The molecule has 1 saturated carbocycles. The van der Waals surface area contributed by atoms with Crippen molar-refractivity contribution in [3.8, 4) is 0 Å². The average Bonchev–Trinajstić information content (AvgIpc) is 3.19. The minimum Gasteiger partial charge on any atom is -0.424 e. The normalized spacial score (nSPS) is 24.9. The predicted molar refractivity (Wildman–Crippen MR) is 97.5 cm³/mol. The molecular formula is C20H26N2O5. The molecule has 3 aliphatic rings. The maximum Gasteiger partial charge on any atom is 0.349 e. The molecule has 4 rings (SSSR count). The van der Waals surface area contributed by atoms with Crippen LogP contribution in [0.15, 0.2) is 15.3 Å². The first-order chi connectivity index (χ1) is 13.0. The van der Waals surface area contributed by atoms with Gasteiger partial charge in [-0.1, -0.05) is 19.3 Å². The highest BCUT2D eigenvalue weighted by Crippen LogP contribution is 2.36. The van der Waals surface area contributed by atoms with Gasteiger partial charge in [0.15, 0.2) is 0 Å². The molecular weight excluding hydrogens is 348 g/mol. The lowest BCUT2D eigenvalue weighted by atomic mass is 9.78. The number of rotatable bonds is 2. The number of carbonyl (C=O) groups excluding carboxylic acids is 2. The van der Waals surface area contributed by atoms with E-state index in [-0.39, 0.29) is 17.6 Å². The molecule has 1 aliphatic carbocycles. The molecule has 1 aromatic heterocycles. The third kappa shape index (κ3) is 3.08. The summed E-state index contributed by atoms with van der Waals surface area (Å²) in [5, 5.41) is 2.90. The second-order valence-electron chi connectivity index (χ2n) is 7.80. The second kappa shape index (κ2) is 7.11. The molecule has 3 heterocycles. The molecule has 1 N–H and O–H groups in total. The van der Waals surface area contributed by atoms with Gasteiger partial charge in [-0.15, -0.1) is 0 Å². The van der Waals surface area contributed by atoms with E-state index in [9.17, 15) is 14.4 Å². The monoisotopic (exact) mass is 374 g/mol. The van der Waals surface area contributed by atoms with Crippen LogP contribution in [0.5, 0.6) is 0 Å². The summed E-state index contributed by atoms with van der Waals surface area (Å²) in [4.78, 5) is 40.3. The van der Waals surface area contributed by atoms with Gasteiger partial charge in [-0.05, 0) is 44.2 Å². The number of amides is 2. The Morgan fingerprint density at radius 1 is 1.22 bits per heavy atom. The van der Waals surface area contributed by atoms with Crippen LogP contribution in [0.4, 0.5) is 0 Å². The first kappa shape index (κ1) is 18.2. The van der Waals surface area contributed by atoms with Gasteiger partial charge in [0, 0.05) is 19.7 Å². The molecule has 2 amide bonds. The van der Waals surface area contributed by atoms with Crippen LogP contribution in [0.2, 0.25) is 0 Å². The fourth-order valence-electron chi connectivity index (χ4n) is 4.70. The molecule has 0 aromatic carbocycles. The summed E-state index contributed by atoms with van der Waals surface area (Å²) in [7, 11) is 0. The van der Waals surface area contributed by atoms with Crippen molar-refractivity contribution >= 4 is 11.8 Å². The van der Waals surface area contributed by atoms with E-state index in [2.05, 4.69) is 5.32 Å². The standard InChI is InChI=1S/C20H26N2O5/c1-13-12-15(14-6-5-11-26-14)27-18(24)16(13)17(23)22-10-9-21-19(25)20(22)7-3-2-4-8-20/h12,14H,2-11H2,1H3,(H,21,25). The highest BCUT2D eigenvalue weighted by molar-refractivity contribution is 6.00. The summed E-state index contributed by atoms with van der Waals surface area (Å²) >= 11 is 0. The minimum absolute atomic E-state index is 0.0383. The summed E-state index contributed by atoms with van der Waals surface area (Å²) in [5.74, 6) is -0.00739. The van der Waals surface area contributed by atoms with Crippen molar-refractivity contribution in [2.45, 2.75) is 63.5 Å². The number of aryl methyl sites for hydroxylation is 1. The fourth-order valence-corrected chi connectivity index (χ4v) is 4.70. The topological polar surface area (TPSA) is 88.8 Å². The maximum absolute atomic E-state index is 13.3. The van der Waals surface area contributed by atoms with Gasteiger partial charge in [0.2, 0.25) is 5.91 Å². The van der Waals surface area contributed by atoms with E-state index in [1.165, 1.54) is 0 Å². The van der Waals surface area contributed by atoms with Gasteiger partial charge in [-0.25, -0.2) is 4.79 Å². The van der Waals surface area contributed by atoms with Crippen molar-refractivity contribution < 1.29 is 18.7 Å². The smallest absolute Gasteiger partial charge is 0.349 e. The van der Waals surface area contributed by atoms with Crippen molar-refractivity contribution in [1.82, 2.24) is 10.2 Å². The lowest BCUT2D eigenvalue weighted by Crippen LogP contribution is -2.67. The molecule has 27 heavy (non-hydrogen) atoms. The zero-order valence-electron chi connectivity index (χ0n) is 15.7. The molecule has 1 aromatic rings. The van der Waals surface area contributed by atoms with E-state index >= 15 is 0 Å². The quantitative estimate of drug-likeness (QED) is 0.856. The number of nitrogens with one attached hydrogen (secondary N) is 1. The zero-order valence-corrected chi connectivity index (χ0v) is 15.7. The van der Waals surface area contributed by atoms with E-state index in [4.69, 9.17) is 9.15 Å². The Labute approximate surface area is 158 Å². The van der Waals surface area contributed by atoms with Crippen LogP contribution in [0.25, 0.3) is 0 Å². The van der Waals surface area contributed by atoms with E-state index in [0.717, 1.165) is 32.1 Å². The molecule has 1 spiro atoms. The van der Waals surface area contributed by atoms with Crippen LogP contribution in [0.1, 0.15) is 72.7 Å². The van der Waals surface area contributed by atoms with Gasteiger partial charge in [0.1, 0.15) is 23.0 Å². The molecule has 0 bridgehead atoms. The number of hydrogen-bond donors (Lipinski definition) is 1. The number of carbonyl (C=O) groups is 2. The number of nitrogens with zero attached hydrogens (tertiary/aromatic N) is 1. The van der Waals surface area contributed by atoms with Crippen LogP contribution in [-0.2, 0) is 9.53 Å². The molecule has 2 aliphatic heterocycles. The maximum atomic E-state index is 13.3. The van der Waals surface area contributed by atoms with Crippen LogP contribution in [-0.4, -0.2) is 41.9 Å². The lowest BCUT2D eigenvalue weighted by molar-refractivity contribution is -0.137. The van der Waals surface area contributed by atoms with Crippen LogP contribution >= 0.6 is 0 Å². The van der Waals surface area contributed by atoms with Crippen molar-refractivity contribution in [2.75, 3.05) is 19.7 Å². The third-order valence-electron chi connectivity index (χ3n) is 6.11. The second-order valence-corrected chi connectivity index (χ2v) is 7.80. The molecule has 1 atom stereocenters. The van der Waals surface area contributed by atoms with E-state index < -0.39 is 17.1 Å². The summed E-state index contributed by atoms with van der Waals surface area (Å²) in [6, 6.07) is 1.74. The van der Waals surface area contributed by atoms with Crippen molar-refractivity contribution in [3.63, 3.8) is 0 Å². The number of ether oxygens (including phenoxy) is 1. The first-order valence-corrected chi connectivity index (χ1v) is 9.89. The Bertz CT molecular complexity index is 803. The van der Waals surface area contributed by atoms with Crippen molar-refractivity contribution in [2.24, 2.45) is 0 Å².